The lowest BCUT2D eigenvalue weighted by Gasteiger charge is -2.08. The van der Waals surface area contributed by atoms with Gasteiger partial charge in [-0.3, -0.25) is 0 Å². The fourth-order valence-electron chi connectivity index (χ4n) is 1.73. The predicted molar refractivity (Wildman–Crippen MR) is 62.9 cm³/mol. The molecule has 1 nitrogen and oxygen atoms in total. The summed E-state index contributed by atoms with van der Waals surface area (Å²) >= 11 is 0. The maximum atomic E-state index is 13.7. The van der Waals surface area contributed by atoms with E-state index in [4.69, 9.17) is 0 Å². The average molecular weight is 216 g/mol. The number of halogens is 1. The van der Waals surface area contributed by atoms with Crippen molar-refractivity contribution in [1.29, 1.82) is 0 Å². The van der Waals surface area contributed by atoms with E-state index < -0.39 is 5.82 Å². The number of benzene rings is 2. The van der Waals surface area contributed by atoms with Crippen molar-refractivity contribution in [3.8, 4) is 16.9 Å². The van der Waals surface area contributed by atoms with Gasteiger partial charge in [0, 0.05) is 5.56 Å². The second-order valence-electron chi connectivity index (χ2n) is 3.65. The molecule has 0 amide bonds. The third kappa shape index (κ3) is 1.78. The maximum absolute atomic E-state index is 13.7. The Balaban J connectivity index is 2.56. The standard InChI is InChI=1S/C14H13FO/c1-2-10-8-9-12(14(16)13(10)15)11-6-4-3-5-7-11/h3-9,16H,2H2,1H3. The lowest BCUT2D eigenvalue weighted by Crippen LogP contribution is -1.90. The highest BCUT2D eigenvalue weighted by molar-refractivity contribution is 5.70. The number of rotatable bonds is 2. The molecule has 0 heterocycles. The third-order valence-electron chi connectivity index (χ3n) is 2.66. The molecule has 82 valence electrons. The van der Waals surface area contributed by atoms with Crippen molar-refractivity contribution in [1.82, 2.24) is 0 Å². The first-order chi connectivity index (χ1) is 7.74. The molecule has 0 saturated carbocycles. The minimum Gasteiger partial charge on any atom is -0.504 e. The first-order valence-electron chi connectivity index (χ1n) is 5.29. The largest absolute Gasteiger partial charge is 0.504 e. The van der Waals surface area contributed by atoms with Crippen LogP contribution in [0.2, 0.25) is 0 Å². The van der Waals surface area contributed by atoms with Gasteiger partial charge in [0.05, 0.1) is 0 Å². The molecule has 1 N–H and O–H groups in total. The van der Waals surface area contributed by atoms with E-state index in [2.05, 4.69) is 0 Å². The summed E-state index contributed by atoms with van der Waals surface area (Å²) in [6, 6.07) is 12.8. The van der Waals surface area contributed by atoms with Crippen molar-refractivity contribution < 1.29 is 9.50 Å². The zero-order valence-electron chi connectivity index (χ0n) is 9.07. The Kier molecular flexibility index (Phi) is 2.91. The van der Waals surface area contributed by atoms with Gasteiger partial charge in [-0.2, -0.15) is 0 Å². The maximum Gasteiger partial charge on any atom is 0.168 e. The van der Waals surface area contributed by atoms with Crippen LogP contribution >= 0.6 is 0 Å². The SMILES string of the molecule is CCc1ccc(-c2ccccc2)c(O)c1F. The molecule has 2 heteroatoms. The molecule has 2 aromatic rings. The molecule has 0 bridgehead atoms. The highest BCUT2D eigenvalue weighted by Gasteiger charge is 2.12. The van der Waals surface area contributed by atoms with Crippen LogP contribution in [0.15, 0.2) is 42.5 Å². The van der Waals surface area contributed by atoms with Crippen molar-refractivity contribution in [2.24, 2.45) is 0 Å². The van der Waals surface area contributed by atoms with E-state index in [1.807, 2.05) is 37.3 Å². The summed E-state index contributed by atoms with van der Waals surface area (Å²) in [5, 5.41) is 9.79. The molecule has 0 aliphatic rings. The molecular weight excluding hydrogens is 203 g/mol. The van der Waals surface area contributed by atoms with E-state index in [1.54, 1.807) is 12.1 Å². The van der Waals surface area contributed by atoms with E-state index in [9.17, 15) is 9.50 Å². The quantitative estimate of drug-likeness (QED) is 0.810. The molecule has 0 fully saturated rings. The second kappa shape index (κ2) is 4.35. The van der Waals surface area contributed by atoms with Crippen LogP contribution < -0.4 is 0 Å². The molecule has 0 unspecified atom stereocenters. The van der Waals surface area contributed by atoms with Gasteiger partial charge in [0.1, 0.15) is 0 Å². The fraction of sp³-hybridized carbons (Fsp3) is 0.143. The zero-order valence-corrected chi connectivity index (χ0v) is 9.07. The number of hydrogen-bond acceptors (Lipinski definition) is 1. The molecule has 2 aromatic carbocycles. The van der Waals surface area contributed by atoms with Gasteiger partial charge in [-0.15, -0.1) is 0 Å². The monoisotopic (exact) mass is 216 g/mol. The van der Waals surface area contributed by atoms with E-state index in [-0.39, 0.29) is 5.75 Å². The fourth-order valence-corrected chi connectivity index (χ4v) is 1.73. The Morgan fingerprint density at radius 2 is 1.75 bits per heavy atom. The average Bonchev–Trinajstić information content (AvgIpc) is 2.34. The zero-order chi connectivity index (χ0) is 11.5. The van der Waals surface area contributed by atoms with Crippen molar-refractivity contribution in [2.45, 2.75) is 13.3 Å². The molecule has 0 radical (unpaired) electrons. The smallest absolute Gasteiger partial charge is 0.168 e. The highest BCUT2D eigenvalue weighted by Crippen LogP contribution is 2.32. The van der Waals surface area contributed by atoms with Crippen LogP contribution in [0.25, 0.3) is 11.1 Å². The van der Waals surface area contributed by atoms with Crippen molar-refractivity contribution in [3.05, 3.63) is 53.8 Å². The summed E-state index contributed by atoms with van der Waals surface area (Å²) in [7, 11) is 0. The van der Waals surface area contributed by atoms with Gasteiger partial charge in [0.25, 0.3) is 0 Å². The van der Waals surface area contributed by atoms with Gasteiger partial charge in [-0.05, 0) is 17.5 Å². The Bertz CT molecular complexity index is 492. The van der Waals surface area contributed by atoms with Crippen LogP contribution in [-0.2, 0) is 6.42 Å². The molecule has 0 atom stereocenters. The van der Waals surface area contributed by atoms with E-state index >= 15 is 0 Å². The van der Waals surface area contributed by atoms with E-state index in [0.29, 0.717) is 17.5 Å². The summed E-state index contributed by atoms with van der Waals surface area (Å²) in [4.78, 5) is 0. The highest BCUT2D eigenvalue weighted by atomic mass is 19.1. The number of aromatic hydroxyl groups is 1. The molecule has 0 aliphatic heterocycles. The summed E-state index contributed by atoms with van der Waals surface area (Å²) in [6.45, 7) is 1.86. The van der Waals surface area contributed by atoms with Gasteiger partial charge in [-0.25, -0.2) is 4.39 Å². The number of phenols is 1. The van der Waals surface area contributed by atoms with Crippen LogP contribution in [0.1, 0.15) is 12.5 Å². The first-order valence-corrected chi connectivity index (χ1v) is 5.29. The molecule has 0 spiro atoms. The van der Waals surface area contributed by atoms with E-state index in [0.717, 1.165) is 5.56 Å². The van der Waals surface area contributed by atoms with Gasteiger partial charge < -0.3 is 5.11 Å². The van der Waals surface area contributed by atoms with Crippen LogP contribution in [0.3, 0.4) is 0 Å². The van der Waals surface area contributed by atoms with Gasteiger partial charge in [0.15, 0.2) is 11.6 Å². The van der Waals surface area contributed by atoms with Crippen LogP contribution in [0.4, 0.5) is 4.39 Å². The molecule has 0 aromatic heterocycles. The summed E-state index contributed by atoms with van der Waals surface area (Å²) in [6.07, 6.45) is 0.578. The van der Waals surface area contributed by atoms with Crippen molar-refractivity contribution in [3.63, 3.8) is 0 Å². The Hall–Kier alpha value is -1.83. The molecular formula is C14H13FO. The number of phenolic OH excluding ortho intramolecular Hbond substituents is 1. The topological polar surface area (TPSA) is 20.2 Å². The predicted octanol–water partition coefficient (Wildman–Crippen LogP) is 3.76. The summed E-state index contributed by atoms with van der Waals surface area (Å²) in [5.74, 6) is -0.769. The molecule has 16 heavy (non-hydrogen) atoms. The number of hydrogen-bond donors (Lipinski definition) is 1. The second-order valence-corrected chi connectivity index (χ2v) is 3.65. The van der Waals surface area contributed by atoms with Crippen LogP contribution in [-0.4, -0.2) is 5.11 Å². The minimum atomic E-state index is -0.510. The third-order valence-corrected chi connectivity index (χ3v) is 2.66. The Morgan fingerprint density at radius 3 is 2.38 bits per heavy atom. The van der Waals surface area contributed by atoms with Gasteiger partial charge >= 0.3 is 0 Å². The summed E-state index contributed by atoms with van der Waals surface area (Å²) < 4.78 is 13.7. The Labute approximate surface area is 94.2 Å². The molecule has 0 aliphatic carbocycles. The lowest BCUT2D eigenvalue weighted by atomic mass is 10.0. The lowest BCUT2D eigenvalue weighted by molar-refractivity contribution is 0.431. The van der Waals surface area contributed by atoms with Gasteiger partial charge in [0.2, 0.25) is 0 Å². The number of aryl methyl sites for hydroxylation is 1. The minimum absolute atomic E-state index is 0.259. The molecule has 2 rings (SSSR count). The van der Waals surface area contributed by atoms with Crippen LogP contribution in [0, 0.1) is 5.82 Å². The van der Waals surface area contributed by atoms with Crippen molar-refractivity contribution >= 4 is 0 Å². The normalized spacial score (nSPS) is 10.4. The Morgan fingerprint density at radius 1 is 1.06 bits per heavy atom. The summed E-state index contributed by atoms with van der Waals surface area (Å²) in [5.41, 5.74) is 1.90. The van der Waals surface area contributed by atoms with Crippen LogP contribution in [0.5, 0.6) is 5.75 Å². The van der Waals surface area contributed by atoms with Crippen molar-refractivity contribution in [2.75, 3.05) is 0 Å². The van der Waals surface area contributed by atoms with Gasteiger partial charge in [-0.1, -0.05) is 49.4 Å². The van der Waals surface area contributed by atoms with E-state index in [1.165, 1.54) is 0 Å². The molecule has 0 saturated heterocycles. The first kappa shape index (κ1) is 10.7.